The van der Waals surface area contributed by atoms with E-state index in [-0.39, 0.29) is 24.7 Å². The molecule has 1 amide bonds. The van der Waals surface area contributed by atoms with Crippen molar-refractivity contribution >= 4 is 17.5 Å². The smallest absolute Gasteiger partial charge is 0.378 e. The third-order valence-electron chi connectivity index (χ3n) is 6.80. The van der Waals surface area contributed by atoms with E-state index in [1.54, 1.807) is 41.6 Å². The van der Waals surface area contributed by atoms with Crippen LogP contribution in [0.3, 0.4) is 0 Å². The summed E-state index contributed by atoms with van der Waals surface area (Å²) in [5.74, 6) is 1.91. The van der Waals surface area contributed by atoms with Gasteiger partial charge in [-0.2, -0.15) is 13.2 Å². The zero-order chi connectivity index (χ0) is 27.1. The molecule has 2 aliphatic rings. The minimum Gasteiger partial charge on any atom is -0.378 e. The van der Waals surface area contributed by atoms with Gasteiger partial charge < -0.3 is 14.2 Å². The van der Waals surface area contributed by atoms with Crippen molar-refractivity contribution < 1.29 is 22.7 Å². The molecule has 39 heavy (non-hydrogen) atoms. The van der Waals surface area contributed by atoms with Crippen LogP contribution in [0.1, 0.15) is 16.8 Å². The quantitative estimate of drug-likeness (QED) is 0.383. The molecule has 0 unspecified atom stereocenters. The van der Waals surface area contributed by atoms with E-state index in [2.05, 4.69) is 19.9 Å². The number of alkyl halides is 3. The van der Waals surface area contributed by atoms with Gasteiger partial charge in [-0.3, -0.25) is 9.69 Å². The van der Waals surface area contributed by atoms with Crippen molar-refractivity contribution in [1.29, 1.82) is 0 Å². The predicted molar refractivity (Wildman–Crippen MR) is 137 cm³/mol. The fourth-order valence-electron chi connectivity index (χ4n) is 4.84. The van der Waals surface area contributed by atoms with Crippen LogP contribution < -0.4 is 9.80 Å². The summed E-state index contributed by atoms with van der Waals surface area (Å²) in [7, 11) is 1.52. The molecule has 0 atom stereocenters. The molecule has 1 fully saturated rings. The molecule has 1 saturated heterocycles. The van der Waals surface area contributed by atoms with Gasteiger partial charge in [-0.25, -0.2) is 19.9 Å². The number of rotatable bonds is 5. The Labute approximate surface area is 221 Å². The Morgan fingerprint density at radius 2 is 1.77 bits per heavy atom. The molecule has 1 aromatic carbocycles. The molecule has 6 rings (SSSR count). The second-order valence-electron chi connectivity index (χ2n) is 9.43. The molecule has 0 spiro atoms. The summed E-state index contributed by atoms with van der Waals surface area (Å²) in [5, 5.41) is 0. The van der Waals surface area contributed by atoms with Crippen LogP contribution in [0.25, 0.3) is 22.8 Å². The fraction of sp³-hybridized carbons (Fsp3) is 0.296. The Hall–Kier alpha value is -4.32. The maximum Gasteiger partial charge on any atom is 0.434 e. The number of amides is 1. The largest absolute Gasteiger partial charge is 0.434 e. The number of nitrogens with zero attached hydrogens (tertiary/aromatic N) is 7. The zero-order valence-corrected chi connectivity index (χ0v) is 21.0. The molecule has 0 radical (unpaired) electrons. The lowest BCUT2D eigenvalue weighted by Crippen LogP contribution is -2.37. The first-order valence-corrected chi connectivity index (χ1v) is 12.4. The molecule has 9 nitrogen and oxygen atoms in total. The molecular formula is C27H24F3N7O2. The normalized spacial score (nSPS) is 15.6. The van der Waals surface area contributed by atoms with Gasteiger partial charge in [0, 0.05) is 49.9 Å². The molecular weight excluding hydrogens is 511 g/mol. The van der Waals surface area contributed by atoms with Crippen LogP contribution in [0.4, 0.5) is 24.8 Å². The van der Waals surface area contributed by atoms with E-state index >= 15 is 0 Å². The monoisotopic (exact) mass is 535 g/mol. The summed E-state index contributed by atoms with van der Waals surface area (Å²) in [5.41, 5.74) is 1.93. The molecule has 3 aromatic heterocycles. The number of hydrogen-bond donors (Lipinski definition) is 0. The molecule has 0 bridgehead atoms. The van der Waals surface area contributed by atoms with Gasteiger partial charge in [0.2, 0.25) is 5.91 Å². The van der Waals surface area contributed by atoms with Crippen LogP contribution in [0, 0.1) is 0 Å². The van der Waals surface area contributed by atoms with Crippen LogP contribution in [-0.2, 0) is 35.7 Å². The lowest BCUT2D eigenvalue weighted by atomic mass is 10.1. The van der Waals surface area contributed by atoms with Crippen LogP contribution in [0.15, 0.2) is 55.0 Å². The van der Waals surface area contributed by atoms with Crippen LogP contribution in [0.5, 0.6) is 0 Å². The number of hydrogen-bond acceptors (Lipinski definition) is 7. The number of ether oxygens (including phenoxy) is 1. The molecule has 200 valence electrons. The van der Waals surface area contributed by atoms with Crippen molar-refractivity contribution in [2.45, 2.75) is 19.1 Å². The van der Waals surface area contributed by atoms with E-state index in [4.69, 9.17) is 9.72 Å². The second kappa shape index (κ2) is 9.77. The Morgan fingerprint density at radius 1 is 1.00 bits per heavy atom. The first-order chi connectivity index (χ1) is 18.8. The summed E-state index contributed by atoms with van der Waals surface area (Å²) in [6.07, 6.45) is 0.0701. The maximum absolute atomic E-state index is 13.1. The molecule has 5 heterocycles. The van der Waals surface area contributed by atoms with Crippen LogP contribution in [-0.4, -0.2) is 56.7 Å². The summed E-state index contributed by atoms with van der Waals surface area (Å²) < 4.78 is 46.0. The number of anilines is 2. The highest BCUT2D eigenvalue weighted by Crippen LogP contribution is 2.34. The standard InChI is InChI=1S/C27H24F3N7O2/c1-35-16-21(27(28,29)30)33-24(35)18-6-4-17(5-7-18)15-37-22(38)13-19-14-32-23(34-25(19)37)20-3-2-8-31-26(20)36-9-11-39-12-10-36/h2-8,14,16H,9-13,15H2,1H3. The molecule has 0 N–H and O–H groups in total. The van der Waals surface area contributed by atoms with Gasteiger partial charge in [0.05, 0.1) is 31.7 Å². The predicted octanol–water partition coefficient (Wildman–Crippen LogP) is 3.88. The lowest BCUT2D eigenvalue weighted by molar-refractivity contribution is -0.140. The number of halogens is 3. The third kappa shape index (κ3) is 4.83. The number of pyridine rings is 1. The first-order valence-electron chi connectivity index (χ1n) is 12.4. The van der Waals surface area contributed by atoms with Crippen molar-refractivity contribution in [3.05, 3.63) is 71.8 Å². The van der Waals surface area contributed by atoms with E-state index < -0.39 is 11.9 Å². The minimum atomic E-state index is -4.51. The third-order valence-corrected chi connectivity index (χ3v) is 6.80. The summed E-state index contributed by atoms with van der Waals surface area (Å²) in [4.78, 5) is 34.3. The molecule has 12 heteroatoms. The van der Waals surface area contributed by atoms with Gasteiger partial charge >= 0.3 is 6.18 Å². The van der Waals surface area contributed by atoms with Gasteiger partial charge in [-0.05, 0) is 17.7 Å². The van der Waals surface area contributed by atoms with Crippen molar-refractivity contribution in [3.8, 4) is 22.8 Å². The Bertz CT molecular complexity index is 1530. The minimum absolute atomic E-state index is 0.0981. The van der Waals surface area contributed by atoms with Gasteiger partial charge in [-0.15, -0.1) is 0 Å². The number of benzene rings is 1. The van der Waals surface area contributed by atoms with E-state index in [1.807, 2.05) is 12.1 Å². The van der Waals surface area contributed by atoms with Crippen LogP contribution in [0.2, 0.25) is 0 Å². The number of morpholine rings is 1. The van der Waals surface area contributed by atoms with Crippen molar-refractivity contribution in [3.63, 3.8) is 0 Å². The number of imidazole rings is 1. The number of fused-ring (bicyclic) bond motifs is 1. The first kappa shape index (κ1) is 25.0. The Balaban J connectivity index is 1.26. The van der Waals surface area contributed by atoms with Crippen LogP contribution >= 0.6 is 0 Å². The maximum atomic E-state index is 13.1. The van der Waals surface area contributed by atoms with E-state index in [9.17, 15) is 18.0 Å². The molecule has 0 aliphatic carbocycles. The highest BCUT2D eigenvalue weighted by Gasteiger charge is 2.35. The van der Waals surface area contributed by atoms with Gasteiger partial charge in [0.15, 0.2) is 11.5 Å². The van der Waals surface area contributed by atoms with E-state index in [0.29, 0.717) is 43.5 Å². The highest BCUT2D eigenvalue weighted by atomic mass is 19.4. The Morgan fingerprint density at radius 3 is 2.49 bits per heavy atom. The molecule has 0 saturated carbocycles. The lowest BCUT2D eigenvalue weighted by Gasteiger charge is -2.29. The number of aryl methyl sites for hydroxylation is 1. The van der Waals surface area contributed by atoms with Crippen molar-refractivity contribution in [2.24, 2.45) is 7.05 Å². The Kier molecular flexibility index (Phi) is 6.26. The van der Waals surface area contributed by atoms with Gasteiger partial charge in [0.1, 0.15) is 17.5 Å². The zero-order valence-electron chi connectivity index (χ0n) is 21.0. The van der Waals surface area contributed by atoms with Gasteiger partial charge in [0.25, 0.3) is 0 Å². The van der Waals surface area contributed by atoms with E-state index in [1.165, 1.54) is 11.6 Å². The van der Waals surface area contributed by atoms with Gasteiger partial charge in [-0.1, -0.05) is 24.3 Å². The second-order valence-corrected chi connectivity index (χ2v) is 9.43. The van der Waals surface area contributed by atoms with Crippen molar-refractivity contribution in [1.82, 2.24) is 24.5 Å². The molecule has 2 aliphatic heterocycles. The highest BCUT2D eigenvalue weighted by molar-refractivity contribution is 6.00. The number of carbonyl (C=O) groups is 1. The molecule has 4 aromatic rings. The summed E-state index contributed by atoms with van der Waals surface area (Å²) in [6.45, 7) is 2.93. The SMILES string of the molecule is Cn1cc(C(F)(F)F)nc1-c1ccc(CN2C(=O)Cc3cnc(-c4cccnc4N4CCOCC4)nc32)cc1. The fourth-order valence-corrected chi connectivity index (χ4v) is 4.84. The van der Waals surface area contributed by atoms with E-state index in [0.717, 1.165) is 28.7 Å². The average Bonchev–Trinajstić information content (AvgIpc) is 3.49. The average molecular weight is 536 g/mol. The topological polar surface area (TPSA) is 89.3 Å². The summed E-state index contributed by atoms with van der Waals surface area (Å²) >= 11 is 0. The van der Waals surface area contributed by atoms with Crippen molar-refractivity contribution in [2.75, 3.05) is 36.1 Å². The number of aromatic nitrogens is 5. The number of carbonyl (C=O) groups excluding carboxylic acids is 1. The summed E-state index contributed by atoms with van der Waals surface area (Å²) in [6, 6.07) is 10.7.